The fourth-order valence-electron chi connectivity index (χ4n) is 3.01. The van der Waals surface area contributed by atoms with Gasteiger partial charge in [-0.05, 0) is 32.2 Å². The summed E-state index contributed by atoms with van der Waals surface area (Å²) in [6.07, 6.45) is 4.72. The minimum absolute atomic E-state index is 0.341. The highest BCUT2D eigenvalue weighted by molar-refractivity contribution is 4.90. The molecule has 0 amide bonds. The molecule has 2 rings (SSSR count). The van der Waals surface area contributed by atoms with Crippen molar-refractivity contribution in [3.8, 4) is 6.07 Å². The topological polar surface area (TPSA) is 30.3 Å². The van der Waals surface area contributed by atoms with E-state index in [1.807, 2.05) is 0 Å². The second-order valence-corrected chi connectivity index (χ2v) is 5.10. The maximum absolute atomic E-state index is 8.88. The van der Waals surface area contributed by atoms with Gasteiger partial charge in [-0.15, -0.1) is 0 Å². The minimum Gasteiger partial charge on any atom is -0.301 e. The fourth-order valence-corrected chi connectivity index (χ4v) is 3.01. The number of hydrogen-bond donors (Lipinski definition) is 0. The minimum atomic E-state index is 0.341. The highest BCUT2D eigenvalue weighted by Gasteiger charge is 2.27. The smallest absolute Gasteiger partial charge is 0.0655 e. The van der Waals surface area contributed by atoms with E-state index < -0.39 is 0 Å². The average Bonchev–Trinajstić information content (AvgIpc) is 2.39. The molecule has 0 aromatic heterocycles. The Balaban J connectivity index is 1.76. The molecular weight excluding hydrogens is 198 g/mol. The van der Waals surface area contributed by atoms with Crippen LogP contribution in [-0.4, -0.2) is 48.6 Å². The van der Waals surface area contributed by atoms with Crippen LogP contribution in [0, 0.1) is 17.2 Å². The molecule has 2 aliphatic rings. The molecule has 16 heavy (non-hydrogen) atoms. The summed E-state index contributed by atoms with van der Waals surface area (Å²) in [5.74, 6) is 0.341. The lowest BCUT2D eigenvalue weighted by Gasteiger charge is -2.41. The molecule has 0 unspecified atom stereocenters. The summed E-state index contributed by atoms with van der Waals surface area (Å²) in [5, 5.41) is 8.88. The van der Waals surface area contributed by atoms with Gasteiger partial charge in [-0.25, -0.2) is 0 Å². The zero-order valence-electron chi connectivity index (χ0n) is 10.4. The summed E-state index contributed by atoms with van der Waals surface area (Å²) in [6, 6.07) is 3.18. The van der Waals surface area contributed by atoms with Gasteiger partial charge in [0.1, 0.15) is 0 Å². The number of likely N-dealkylation sites (N-methyl/N-ethyl adjacent to an activating group) is 1. The van der Waals surface area contributed by atoms with Crippen molar-refractivity contribution in [3.05, 3.63) is 0 Å². The van der Waals surface area contributed by atoms with Gasteiger partial charge in [0, 0.05) is 38.1 Å². The van der Waals surface area contributed by atoms with Gasteiger partial charge in [0.25, 0.3) is 0 Å². The van der Waals surface area contributed by atoms with Crippen LogP contribution in [0.25, 0.3) is 0 Å². The molecule has 1 heterocycles. The van der Waals surface area contributed by atoms with Crippen molar-refractivity contribution in [3.63, 3.8) is 0 Å². The Morgan fingerprint density at radius 1 is 1.06 bits per heavy atom. The SMILES string of the molecule is CCN1CCN(C2CCC(C#N)CC2)CC1. The largest absolute Gasteiger partial charge is 0.301 e. The van der Waals surface area contributed by atoms with Crippen molar-refractivity contribution in [1.82, 2.24) is 9.80 Å². The van der Waals surface area contributed by atoms with E-state index in [2.05, 4.69) is 22.8 Å². The van der Waals surface area contributed by atoms with Crippen LogP contribution in [0.4, 0.5) is 0 Å². The van der Waals surface area contributed by atoms with E-state index in [4.69, 9.17) is 5.26 Å². The Hall–Kier alpha value is -0.590. The van der Waals surface area contributed by atoms with Crippen LogP contribution >= 0.6 is 0 Å². The Morgan fingerprint density at radius 3 is 2.19 bits per heavy atom. The number of nitriles is 1. The van der Waals surface area contributed by atoms with Gasteiger partial charge >= 0.3 is 0 Å². The van der Waals surface area contributed by atoms with Gasteiger partial charge in [-0.1, -0.05) is 6.92 Å². The van der Waals surface area contributed by atoms with Gasteiger partial charge in [0.2, 0.25) is 0 Å². The summed E-state index contributed by atoms with van der Waals surface area (Å²) in [5.41, 5.74) is 0. The second-order valence-electron chi connectivity index (χ2n) is 5.10. The molecule has 0 spiro atoms. The maximum atomic E-state index is 8.88. The lowest BCUT2D eigenvalue weighted by atomic mass is 9.86. The molecule has 1 aliphatic heterocycles. The molecule has 0 radical (unpaired) electrons. The lowest BCUT2D eigenvalue weighted by molar-refractivity contribution is 0.0772. The van der Waals surface area contributed by atoms with Gasteiger partial charge in [-0.3, -0.25) is 4.90 Å². The molecule has 0 aromatic carbocycles. The molecule has 3 heteroatoms. The number of rotatable bonds is 2. The van der Waals surface area contributed by atoms with Crippen molar-refractivity contribution < 1.29 is 0 Å². The predicted molar refractivity (Wildman–Crippen MR) is 65.0 cm³/mol. The van der Waals surface area contributed by atoms with E-state index in [0.717, 1.165) is 18.9 Å². The number of nitrogens with zero attached hydrogens (tertiary/aromatic N) is 3. The second kappa shape index (κ2) is 5.65. The van der Waals surface area contributed by atoms with Crippen LogP contribution in [0.3, 0.4) is 0 Å². The molecule has 1 saturated carbocycles. The molecule has 0 aromatic rings. The molecule has 3 nitrogen and oxygen atoms in total. The third-order valence-corrected chi connectivity index (χ3v) is 4.25. The van der Waals surface area contributed by atoms with Crippen LogP contribution in [0.15, 0.2) is 0 Å². The summed E-state index contributed by atoms with van der Waals surface area (Å²) >= 11 is 0. The summed E-state index contributed by atoms with van der Waals surface area (Å²) < 4.78 is 0. The van der Waals surface area contributed by atoms with E-state index in [0.29, 0.717) is 5.92 Å². The highest BCUT2D eigenvalue weighted by atomic mass is 15.3. The molecule has 0 bridgehead atoms. The van der Waals surface area contributed by atoms with Crippen LogP contribution < -0.4 is 0 Å². The molecule has 0 N–H and O–H groups in total. The number of hydrogen-bond acceptors (Lipinski definition) is 3. The predicted octanol–water partition coefficient (Wildman–Crippen LogP) is 1.71. The highest BCUT2D eigenvalue weighted by Crippen LogP contribution is 2.27. The molecule has 1 saturated heterocycles. The van der Waals surface area contributed by atoms with Crippen LogP contribution in [0.2, 0.25) is 0 Å². The maximum Gasteiger partial charge on any atom is 0.0655 e. The quantitative estimate of drug-likeness (QED) is 0.711. The van der Waals surface area contributed by atoms with Gasteiger partial charge < -0.3 is 4.90 Å². The van der Waals surface area contributed by atoms with Crippen LogP contribution in [0.1, 0.15) is 32.6 Å². The first-order valence-electron chi connectivity index (χ1n) is 6.69. The van der Waals surface area contributed by atoms with Crippen LogP contribution in [-0.2, 0) is 0 Å². The summed E-state index contributed by atoms with van der Waals surface area (Å²) in [7, 11) is 0. The molecular formula is C13H23N3. The third-order valence-electron chi connectivity index (χ3n) is 4.25. The monoisotopic (exact) mass is 221 g/mol. The first kappa shape index (κ1) is 11.9. The Labute approximate surface area is 99.0 Å². The van der Waals surface area contributed by atoms with Crippen molar-refractivity contribution in [2.45, 2.75) is 38.6 Å². The van der Waals surface area contributed by atoms with Gasteiger partial charge in [0.05, 0.1) is 6.07 Å². The van der Waals surface area contributed by atoms with Crippen molar-refractivity contribution in [2.75, 3.05) is 32.7 Å². The fraction of sp³-hybridized carbons (Fsp3) is 0.923. The van der Waals surface area contributed by atoms with E-state index in [1.54, 1.807) is 0 Å². The summed E-state index contributed by atoms with van der Waals surface area (Å²) in [4.78, 5) is 5.18. The third kappa shape index (κ3) is 2.75. The van der Waals surface area contributed by atoms with Gasteiger partial charge in [-0.2, -0.15) is 5.26 Å². The normalized spacial score (nSPS) is 33.5. The molecule has 0 atom stereocenters. The van der Waals surface area contributed by atoms with Crippen LogP contribution in [0.5, 0.6) is 0 Å². The summed E-state index contributed by atoms with van der Waals surface area (Å²) in [6.45, 7) is 8.36. The lowest BCUT2D eigenvalue weighted by Crippen LogP contribution is -2.50. The van der Waals surface area contributed by atoms with Crippen molar-refractivity contribution >= 4 is 0 Å². The first-order chi connectivity index (χ1) is 7.83. The van der Waals surface area contributed by atoms with Crippen molar-refractivity contribution in [1.29, 1.82) is 5.26 Å². The molecule has 1 aliphatic carbocycles. The van der Waals surface area contributed by atoms with E-state index in [9.17, 15) is 0 Å². The van der Waals surface area contributed by atoms with Crippen molar-refractivity contribution in [2.24, 2.45) is 5.92 Å². The zero-order chi connectivity index (χ0) is 11.4. The van der Waals surface area contributed by atoms with E-state index >= 15 is 0 Å². The number of piperazine rings is 1. The standard InChI is InChI=1S/C13H23N3/c1-2-15-7-9-16(10-8-15)13-5-3-12(11-14)4-6-13/h12-13H,2-10H2,1H3. The Bertz CT molecular complexity index is 242. The Morgan fingerprint density at radius 2 is 1.69 bits per heavy atom. The van der Waals surface area contributed by atoms with E-state index in [-0.39, 0.29) is 0 Å². The first-order valence-corrected chi connectivity index (χ1v) is 6.69. The van der Waals surface area contributed by atoms with Gasteiger partial charge in [0.15, 0.2) is 0 Å². The average molecular weight is 221 g/mol. The Kier molecular flexibility index (Phi) is 4.20. The zero-order valence-corrected chi connectivity index (χ0v) is 10.4. The molecule has 2 fully saturated rings. The van der Waals surface area contributed by atoms with E-state index in [1.165, 1.54) is 45.6 Å². The molecule has 90 valence electrons.